The van der Waals surface area contributed by atoms with Gasteiger partial charge in [0.2, 0.25) is 0 Å². The minimum absolute atomic E-state index is 0.0831. The van der Waals surface area contributed by atoms with Gasteiger partial charge in [0.25, 0.3) is 5.91 Å². The lowest BCUT2D eigenvalue weighted by Crippen LogP contribution is -2.36. The van der Waals surface area contributed by atoms with E-state index >= 15 is 0 Å². The summed E-state index contributed by atoms with van der Waals surface area (Å²) in [7, 11) is 0. The molecular formula is C16H23FN2O2. The molecule has 2 atom stereocenters. The van der Waals surface area contributed by atoms with Crippen LogP contribution in [0.1, 0.15) is 44.7 Å². The Bertz CT molecular complexity index is 493. The summed E-state index contributed by atoms with van der Waals surface area (Å²) >= 11 is 0. The predicted molar refractivity (Wildman–Crippen MR) is 79.8 cm³/mol. The van der Waals surface area contributed by atoms with E-state index in [9.17, 15) is 9.18 Å². The highest BCUT2D eigenvalue weighted by Gasteiger charge is 2.23. The second-order valence-corrected chi connectivity index (χ2v) is 5.36. The van der Waals surface area contributed by atoms with Gasteiger partial charge in [0.1, 0.15) is 0 Å². The molecule has 0 aromatic heterocycles. The van der Waals surface area contributed by atoms with E-state index in [-0.39, 0.29) is 17.7 Å². The minimum atomic E-state index is -0.598. The van der Waals surface area contributed by atoms with Crippen LogP contribution in [0, 0.1) is 5.82 Å². The molecule has 1 amide bonds. The summed E-state index contributed by atoms with van der Waals surface area (Å²) in [5.41, 5.74) is 0.868. The van der Waals surface area contributed by atoms with Gasteiger partial charge in [-0.05, 0) is 50.4 Å². The molecular weight excluding hydrogens is 271 g/mol. The van der Waals surface area contributed by atoms with E-state index in [1.54, 1.807) is 6.07 Å². The third-order valence-electron chi connectivity index (χ3n) is 3.72. The number of carbonyl (C=O) groups is 1. The first-order valence-corrected chi connectivity index (χ1v) is 7.59. The van der Waals surface area contributed by atoms with Gasteiger partial charge in [0.15, 0.2) is 17.7 Å². The molecule has 0 saturated carbocycles. The van der Waals surface area contributed by atoms with Crippen LogP contribution in [0.2, 0.25) is 0 Å². The van der Waals surface area contributed by atoms with Crippen LogP contribution in [0.5, 0.6) is 5.75 Å². The first kappa shape index (κ1) is 15.8. The summed E-state index contributed by atoms with van der Waals surface area (Å²) in [5, 5.41) is 6.02. The number of ether oxygens (including phenoxy) is 1. The molecule has 2 N–H and O–H groups in total. The molecule has 1 aromatic carbocycles. The first-order chi connectivity index (χ1) is 10.1. The smallest absolute Gasteiger partial charge is 0.261 e. The minimum Gasteiger partial charge on any atom is -0.478 e. The molecule has 116 valence electrons. The van der Waals surface area contributed by atoms with Crippen LogP contribution in [0.15, 0.2) is 18.2 Å². The number of hydrogen-bond acceptors (Lipinski definition) is 3. The average Bonchev–Trinajstić information content (AvgIpc) is 2.66. The molecule has 1 aromatic rings. The Balaban J connectivity index is 2.08. The molecule has 0 spiro atoms. The summed E-state index contributed by atoms with van der Waals surface area (Å²) in [5.74, 6) is -0.434. The Morgan fingerprint density at radius 1 is 1.48 bits per heavy atom. The number of benzene rings is 1. The molecule has 1 saturated heterocycles. The van der Waals surface area contributed by atoms with E-state index in [4.69, 9.17) is 4.74 Å². The quantitative estimate of drug-likeness (QED) is 0.877. The van der Waals surface area contributed by atoms with Crippen molar-refractivity contribution in [1.29, 1.82) is 0 Å². The number of carbonyl (C=O) groups excluding carboxylic acids is 1. The van der Waals surface area contributed by atoms with Crippen molar-refractivity contribution >= 4 is 5.91 Å². The van der Waals surface area contributed by atoms with Crippen molar-refractivity contribution in [3.63, 3.8) is 0 Å². The van der Waals surface area contributed by atoms with Crippen molar-refractivity contribution in [3.8, 4) is 5.75 Å². The standard InChI is InChI=1S/C16H23FN2O2/c1-3-18-11(2)12-7-8-14(13(17)10-12)21-15-6-4-5-9-19-16(15)20/h7-8,10-11,15,18H,3-6,9H2,1-2H3,(H,19,20). The van der Waals surface area contributed by atoms with Gasteiger partial charge in [0.05, 0.1) is 0 Å². The fourth-order valence-corrected chi connectivity index (χ4v) is 2.48. The van der Waals surface area contributed by atoms with Gasteiger partial charge in [0, 0.05) is 12.6 Å². The largest absolute Gasteiger partial charge is 0.478 e. The van der Waals surface area contributed by atoms with E-state index in [1.165, 1.54) is 6.07 Å². The van der Waals surface area contributed by atoms with Gasteiger partial charge in [-0.1, -0.05) is 13.0 Å². The van der Waals surface area contributed by atoms with Gasteiger partial charge in [-0.3, -0.25) is 4.79 Å². The first-order valence-electron chi connectivity index (χ1n) is 7.59. The molecule has 1 aliphatic rings. The molecule has 2 rings (SSSR count). The summed E-state index contributed by atoms with van der Waals surface area (Å²) in [6.07, 6.45) is 1.87. The number of nitrogens with one attached hydrogen (secondary N) is 2. The summed E-state index contributed by atoms with van der Waals surface area (Å²) in [4.78, 5) is 11.8. The van der Waals surface area contributed by atoms with Gasteiger partial charge in [-0.15, -0.1) is 0 Å². The third-order valence-corrected chi connectivity index (χ3v) is 3.72. The number of rotatable bonds is 5. The van der Waals surface area contributed by atoms with E-state index in [1.807, 2.05) is 19.9 Å². The maximum absolute atomic E-state index is 14.1. The molecule has 1 aliphatic heterocycles. The van der Waals surface area contributed by atoms with Gasteiger partial charge >= 0.3 is 0 Å². The summed E-state index contributed by atoms with van der Waals surface area (Å²) in [6.45, 7) is 5.48. The molecule has 0 radical (unpaired) electrons. The molecule has 0 aliphatic carbocycles. The Hall–Kier alpha value is -1.62. The van der Waals surface area contributed by atoms with Crippen molar-refractivity contribution in [2.45, 2.75) is 45.3 Å². The Morgan fingerprint density at radius 3 is 3.00 bits per heavy atom. The monoisotopic (exact) mass is 294 g/mol. The van der Waals surface area contributed by atoms with Gasteiger partial charge < -0.3 is 15.4 Å². The molecule has 2 unspecified atom stereocenters. The van der Waals surface area contributed by atoms with Crippen LogP contribution < -0.4 is 15.4 Å². The average molecular weight is 294 g/mol. The lowest BCUT2D eigenvalue weighted by molar-refractivity contribution is -0.127. The van der Waals surface area contributed by atoms with Crippen molar-refractivity contribution in [2.24, 2.45) is 0 Å². The topological polar surface area (TPSA) is 50.4 Å². The van der Waals surface area contributed by atoms with Crippen LogP contribution in [0.4, 0.5) is 4.39 Å². The highest BCUT2D eigenvalue weighted by atomic mass is 19.1. The van der Waals surface area contributed by atoms with Crippen LogP contribution in [-0.2, 0) is 4.79 Å². The maximum atomic E-state index is 14.1. The van der Waals surface area contributed by atoms with Crippen molar-refractivity contribution in [1.82, 2.24) is 10.6 Å². The van der Waals surface area contributed by atoms with Crippen LogP contribution in [0.3, 0.4) is 0 Å². The molecule has 5 heteroatoms. The second kappa shape index (κ2) is 7.41. The fraction of sp³-hybridized carbons (Fsp3) is 0.562. The zero-order valence-electron chi connectivity index (χ0n) is 12.6. The van der Waals surface area contributed by atoms with Crippen molar-refractivity contribution in [2.75, 3.05) is 13.1 Å². The van der Waals surface area contributed by atoms with Crippen LogP contribution in [0.25, 0.3) is 0 Å². The molecule has 0 bridgehead atoms. The molecule has 4 nitrogen and oxygen atoms in total. The van der Waals surface area contributed by atoms with E-state index in [0.29, 0.717) is 13.0 Å². The normalized spacial score (nSPS) is 20.5. The fourth-order valence-electron chi connectivity index (χ4n) is 2.48. The third kappa shape index (κ3) is 4.17. The van der Waals surface area contributed by atoms with E-state index < -0.39 is 11.9 Å². The molecule has 1 heterocycles. The lowest BCUT2D eigenvalue weighted by Gasteiger charge is -2.18. The van der Waals surface area contributed by atoms with Gasteiger partial charge in [-0.25, -0.2) is 4.39 Å². The summed E-state index contributed by atoms with van der Waals surface area (Å²) < 4.78 is 19.7. The highest BCUT2D eigenvalue weighted by Crippen LogP contribution is 2.24. The van der Waals surface area contributed by atoms with E-state index in [2.05, 4.69) is 10.6 Å². The lowest BCUT2D eigenvalue weighted by atomic mass is 10.1. The highest BCUT2D eigenvalue weighted by molar-refractivity contribution is 5.81. The molecule has 21 heavy (non-hydrogen) atoms. The number of hydrogen-bond donors (Lipinski definition) is 2. The Morgan fingerprint density at radius 2 is 2.29 bits per heavy atom. The Kier molecular flexibility index (Phi) is 5.56. The number of halogens is 1. The van der Waals surface area contributed by atoms with Crippen molar-refractivity contribution < 1.29 is 13.9 Å². The zero-order valence-corrected chi connectivity index (χ0v) is 12.6. The Labute approximate surface area is 125 Å². The molecule has 1 fully saturated rings. The summed E-state index contributed by atoms with van der Waals surface area (Å²) in [6, 6.07) is 4.99. The van der Waals surface area contributed by atoms with Crippen LogP contribution >= 0.6 is 0 Å². The second-order valence-electron chi connectivity index (χ2n) is 5.36. The van der Waals surface area contributed by atoms with E-state index in [0.717, 1.165) is 24.9 Å². The SMILES string of the molecule is CCNC(C)c1ccc(OC2CCCCNC2=O)c(F)c1. The maximum Gasteiger partial charge on any atom is 0.261 e. The zero-order chi connectivity index (χ0) is 15.2. The number of amides is 1. The van der Waals surface area contributed by atoms with Gasteiger partial charge in [-0.2, -0.15) is 0 Å². The van der Waals surface area contributed by atoms with Crippen LogP contribution in [-0.4, -0.2) is 25.1 Å². The van der Waals surface area contributed by atoms with Crippen molar-refractivity contribution in [3.05, 3.63) is 29.6 Å². The predicted octanol–water partition coefficient (Wildman–Crippen LogP) is 2.54.